The van der Waals surface area contributed by atoms with Gasteiger partial charge in [0.1, 0.15) is 0 Å². The van der Waals surface area contributed by atoms with Crippen molar-refractivity contribution < 1.29 is 4.74 Å². The molecule has 4 heteroatoms. The number of ether oxygens (including phenoxy) is 1. The van der Waals surface area contributed by atoms with Gasteiger partial charge in [0.15, 0.2) is 0 Å². The number of benzene rings is 1. The first kappa shape index (κ1) is 12.1. The van der Waals surface area contributed by atoms with Crippen molar-refractivity contribution in [3.63, 3.8) is 0 Å². The van der Waals surface area contributed by atoms with Crippen molar-refractivity contribution in [2.75, 3.05) is 6.61 Å². The Balaban J connectivity index is 2.28. The minimum absolute atomic E-state index is 0.0261. The summed E-state index contributed by atoms with van der Waals surface area (Å²) in [5.41, 5.74) is 1.07. The fourth-order valence-electron chi connectivity index (χ4n) is 1.93. The van der Waals surface area contributed by atoms with E-state index in [4.69, 9.17) is 10.00 Å². The van der Waals surface area contributed by atoms with Crippen molar-refractivity contribution in [3.8, 4) is 6.07 Å². The number of nitrogens with zero attached hydrogens (tertiary/aromatic N) is 1. The number of hydrogen-bond acceptors (Lipinski definition) is 2. The maximum atomic E-state index is 9.10. The van der Waals surface area contributed by atoms with E-state index in [1.807, 2.05) is 18.2 Å². The fourth-order valence-corrected chi connectivity index (χ4v) is 2.57. The molecule has 16 heavy (non-hydrogen) atoms. The molecule has 2 rings (SSSR count). The maximum Gasteiger partial charge on any atom is 0.0983 e. The first-order chi connectivity index (χ1) is 7.72. The minimum atomic E-state index is -0.0804. The lowest BCUT2D eigenvalue weighted by molar-refractivity contribution is -0.0102. The summed E-state index contributed by atoms with van der Waals surface area (Å²) in [4.78, 5) is 0. The van der Waals surface area contributed by atoms with Crippen molar-refractivity contribution in [2.24, 2.45) is 5.92 Å². The van der Waals surface area contributed by atoms with Gasteiger partial charge in [0, 0.05) is 15.6 Å². The van der Waals surface area contributed by atoms with Gasteiger partial charge in [-0.05, 0) is 62.4 Å². The standard InChI is InChI=1S/C12H11Br2NO/c13-10-4-3-8(6-11(10)14)12-9(7-15)2-1-5-16-12/h3-4,6,9,12H,1-2,5H2. The lowest BCUT2D eigenvalue weighted by Gasteiger charge is -2.27. The molecule has 1 aliphatic heterocycles. The lowest BCUT2D eigenvalue weighted by Crippen LogP contribution is -2.21. The van der Waals surface area contributed by atoms with Crippen LogP contribution in [0, 0.1) is 17.2 Å². The summed E-state index contributed by atoms with van der Waals surface area (Å²) >= 11 is 6.90. The Bertz CT molecular complexity index is 428. The Morgan fingerprint density at radius 3 is 2.81 bits per heavy atom. The van der Waals surface area contributed by atoms with Gasteiger partial charge in [-0.3, -0.25) is 0 Å². The summed E-state index contributed by atoms with van der Waals surface area (Å²) in [5, 5.41) is 9.10. The van der Waals surface area contributed by atoms with Gasteiger partial charge in [-0.1, -0.05) is 6.07 Å². The van der Waals surface area contributed by atoms with Crippen molar-refractivity contribution in [1.82, 2.24) is 0 Å². The summed E-state index contributed by atoms with van der Waals surface area (Å²) < 4.78 is 7.71. The van der Waals surface area contributed by atoms with E-state index in [-0.39, 0.29) is 12.0 Å². The first-order valence-corrected chi connectivity index (χ1v) is 6.77. The molecule has 2 nitrogen and oxygen atoms in total. The van der Waals surface area contributed by atoms with E-state index in [2.05, 4.69) is 37.9 Å². The average Bonchev–Trinajstić information content (AvgIpc) is 2.32. The monoisotopic (exact) mass is 343 g/mol. The highest BCUT2D eigenvalue weighted by Gasteiger charge is 2.27. The van der Waals surface area contributed by atoms with Gasteiger partial charge < -0.3 is 4.74 Å². The molecule has 0 amide bonds. The molecule has 0 saturated carbocycles. The SMILES string of the molecule is N#CC1CCCOC1c1ccc(Br)c(Br)c1. The van der Waals surface area contributed by atoms with Crippen LogP contribution < -0.4 is 0 Å². The van der Waals surface area contributed by atoms with E-state index in [9.17, 15) is 0 Å². The third-order valence-electron chi connectivity index (χ3n) is 2.76. The molecule has 1 aliphatic rings. The van der Waals surface area contributed by atoms with Gasteiger partial charge in [-0.25, -0.2) is 0 Å². The molecular weight excluding hydrogens is 334 g/mol. The van der Waals surface area contributed by atoms with Crippen LogP contribution in [0.15, 0.2) is 27.1 Å². The second kappa shape index (κ2) is 5.31. The van der Waals surface area contributed by atoms with E-state index in [1.165, 1.54) is 0 Å². The molecule has 0 aromatic heterocycles. The Morgan fingerprint density at radius 1 is 1.31 bits per heavy atom. The molecule has 1 saturated heterocycles. The van der Waals surface area contributed by atoms with Crippen molar-refractivity contribution in [3.05, 3.63) is 32.7 Å². The Kier molecular flexibility index (Phi) is 4.01. The molecule has 1 aromatic rings. The van der Waals surface area contributed by atoms with Crippen LogP contribution >= 0.6 is 31.9 Å². The highest BCUT2D eigenvalue weighted by atomic mass is 79.9. The van der Waals surface area contributed by atoms with E-state index in [1.54, 1.807) is 0 Å². The van der Waals surface area contributed by atoms with Crippen LogP contribution in [0.4, 0.5) is 0 Å². The van der Waals surface area contributed by atoms with E-state index >= 15 is 0 Å². The number of rotatable bonds is 1. The largest absolute Gasteiger partial charge is 0.372 e. The first-order valence-electron chi connectivity index (χ1n) is 5.18. The molecule has 84 valence electrons. The van der Waals surface area contributed by atoms with Crippen LogP contribution in [0.2, 0.25) is 0 Å². The Hall–Kier alpha value is -0.370. The molecule has 0 radical (unpaired) electrons. The van der Waals surface area contributed by atoms with Crippen LogP contribution in [-0.2, 0) is 4.74 Å². The van der Waals surface area contributed by atoms with E-state index in [0.717, 1.165) is 34.0 Å². The van der Waals surface area contributed by atoms with Crippen molar-refractivity contribution in [2.45, 2.75) is 18.9 Å². The van der Waals surface area contributed by atoms with Crippen LogP contribution in [0.3, 0.4) is 0 Å². The third-order valence-corrected chi connectivity index (χ3v) is 4.64. The zero-order valence-corrected chi connectivity index (χ0v) is 11.8. The molecule has 0 bridgehead atoms. The van der Waals surface area contributed by atoms with Gasteiger partial charge in [0.05, 0.1) is 18.1 Å². The molecule has 0 N–H and O–H groups in total. The summed E-state index contributed by atoms with van der Waals surface area (Å²) in [6.07, 6.45) is 1.82. The van der Waals surface area contributed by atoms with Crippen LogP contribution in [0.5, 0.6) is 0 Å². The smallest absolute Gasteiger partial charge is 0.0983 e. The predicted octanol–water partition coefficient (Wildman–Crippen LogP) is 4.20. The Labute approximate surface area is 112 Å². The molecule has 2 unspecified atom stereocenters. The second-order valence-corrected chi connectivity index (χ2v) is 5.55. The zero-order chi connectivity index (χ0) is 11.5. The summed E-state index contributed by atoms with van der Waals surface area (Å²) in [7, 11) is 0. The van der Waals surface area contributed by atoms with E-state index < -0.39 is 0 Å². The van der Waals surface area contributed by atoms with Gasteiger partial charge in [0.2, 0.25) is 0 Å². The third kappa shape index (κ3) is 2.48. The van der Waals surface area contributed by atoms with Crippen molar-refractivity contribution in [1.29, 1.82) is 5.26 Å². The normalized spacial score (nSPS) is 25.1. The quantitative estimate of drug-likeness (QED) is 0.764. The Morgan fingerprint density at radius 2 is 2.12 bits per heavy atom. The molecular formula is C12H11Br2NO. The highest BCUT2D eigenvalue weighted by molar-refractivity contribution is 9.13. The predicted molar refractivity (Wildman–Crippen MR) is 68.9 cm³/mol. The fraction of sp³-hybridized carbons (Fsp3) is 0.417. The van der Waals surface area contributed by atoms with Gasteiger partial charge in [-0.2, -0.15) is 5.26 Å². The molecule has 0 spiro atoms. The topological polar surface area (TPSA) is 33.0 Å². The van der Waals surface area contributed by atoms with Crippen LogP contribution in [0.1, 0.15) is 24.5 Å². The van der Waals surface area contributed by atoms with Crippen LogP contribution in [-0.4, -0.2) is 6.61 Å². The zero-order valence-electron chi connectivity index (χ0n) is 8.62. The van der Waals surface area contributed by atoms with Gasteiger partial charge in [-0.15, -0.1) is 0 Å². The van der Waals surface area contributed by atoms with Crippen molar-refractivity contribution >= 4 is 31.9 Å². The molecule has 2 atom stereocenters. The molecule has 1 heterocycles. The lowest BCUT2D eigenvalue weighted by atomic mass is 9.91. The number of halogens is 2. The summed E-state index contributed by atoms with van der Waals surface area (Å²) in [6.45, 7) is 0.747. The molecule has 1 fully saturated rings. The van der Waals surface area contributed by atoms with Gasteiger partial charge >= 0.3 is 0 Å². The summed E-state index contributed by atoms with van der Waals surface area (Å²) in [5.74, 6) is -0.0261. The average molecular weight is 345 g/mol. The molecule has 1 aromatic carbocycles. The maximum absolute atomic E-state index is 9.10. The minimum Gasteiger partial charge on any atom is -0.372 e. The summed E-state index contributed by atoms with van der Waals surface area (Å²) in [6, 6.07) is 8.34. The van der Waals surface area contributed by atoms with Gasteiger partial charge in [0.25, 0.3) is 0 Å². The number of hydrogen-bond donors (Lipinski definition) is 0. The molecule has 0 aliphatic carbocycles. The highest BCUT2D eigenvalue weighted by Crippen LogP contribution is 2.35. The second-order valence-electron chi connectivity index (χ2n) is 3.84. The number of nitriles is 1. The van der Waals surface area contributed by atoms with Crippen LogP contribution in [0.25, 0.3) is 0 Å². The van der Waals surface area contributed by atoms with E-state index in [0.29, 0.717) is 0 Å².